The van der Waals surface area contributed by atoms with Crippen molar-refractivity contribution >= 4 is 11.9 Å². The van der Waals surface area contributed by atoms with Gasteiger partial charge in [-0.1, -0.05) is 182 Å². The number of carbonyl (C=O) groups excluding carboxylic acids is 2. The maximum atomic E-state index is 12.4. The third-order valence-electron chi connectivity index (χ3n) is 12.6. The minimum atomic E-state index is -0.185. The van der Waals surface area contributed by atoms with Crippen LogP contribution in [0.5, 0.6) is 0 Å². The zero-order valence-electron chi connectivity index (χ0n) is 39.5. The van der Waals surface area contributed by atoms with Crippen LogP contribution in [0.2, 0.25) is 0 Å². The van der Waals surface area contributed by atoms with Gasteiger partial charge in [-0.25, -0.2) is 0 Å². The largest absolute Gasteiger partial charge is 0.466 e. The molecular formula is C51H99NO6. The van der Waals surface area contributed by atoms with Gasteiger partial charge in [0.2, 0.25) is 0 Å². The van der Waals surface area contributed by atoms with E-state index in [2.05, 4.69) is 39.5 Å². The number of likely N-dealkylation sites (tertiary alicyclic amines) is 1. The fourth-order valence-electron chi connectivity index (χ4n) is 8.71. The van der Waals surface area contributed by atoms with Crippen LogP contribution in [0.3, 0.4) is 0 Å². The molecule has 0 aromatic heterocycles. The Kier molecular flexibility index (Phi) is 38.9. The summed E-state index contributed by atoms with van der Waals surface area (Å²) in [6.45, 7) is 16.4. The Bertz CT molecular complexity index is 818. The van der Waals surface area contributed by atoms with Crippen molar-refractivity contribution in [3.63, 3.8) is 0 Å². The van der Waals surface area contributed by atoms with E-state index in [9.17, 15) is 9.59 Å². The average Bonchev–Trinajstić information content (AvgIpc) is 3.73. The molecule has 1 atom stereocenters. The van der Waals surface area contributed by atoms with Gasteiger partial charge in [-0.3, -0.25) is 9.59 Å². The van der Waals surface area contributed by atoms with Gasteiger partial charge in [-0.05, 0) is 83.2 Å². The van der Waals surface area contributed by atoms with Gasteiger partial charge >= 0.3 is 11.9 Å². The molecule has 1 aliphatic rings. The molecular weight excluding hydrogens is 723 g/mol. The van der Waals surface area contributed by atoms with Crippen LogP contribution in [-0.2, 0) is 28.5 Å². The average molecular weight is 822 g/mol. The zero-order valence-corrected chi connectivity index (χ0v) is 39.5. The number of ether oxygens (including phenoxy) is 4. The van der Waals surface area contributed by atoms with E-state index in [0.717, 1.165) is 90.2 Å². The molecule has 0 bridgehead atoms. The van der Waals surface area contributed by atoms with Crippen molar-refractivity contribution in [1.29, 1.82) is 0 Å². The molecule has 1 unspecified atom stereocenters. The fourth-order valence-corrected chi connectivity index (χ4v) is 8.71. The van der Waals surface area contributed by atoms with Gasteiger partial charge in [0.15, 0.2) is 6.29 Å². The molecule has 1 heterocycles. The van der Waals surface area contributed by atoms with E-state index < -0.39 is 0 Å². The second kappa shape index (κ2) is 41.2. The molecule has 1 rings (SSSR count). The van der Waals surface area contributed by atoms with Crippen molar-refractivity contribution in [3.8, 4) is 0 Å². The summed E-state index contributed by atoms with van der Waals surface area (Å²) in [5.41, 5.74) is 0. The summed E-state index contributed by atoms with van der Waals surface area (Å²) in [5, 5.41) is 0. The van der Waals surface area contributed by atoms with E-state index in [1.165, 1.54) is 142 Å². The molecule has 7 heteroatoms. The molecule has 1 aliphatic heterocycles. The van der Waals surface area contributed by atoms with Gasteiger partial charge in [-0.2, -0.15) is 0 Å². The number of esters is 2. The predicted octanol–water partition coefficient (Wildman–Crippen LogP) is 14.7. The first-order valence-corrected chi connectivity index (χ1v) is 25.7. The molecule has 1 fully saturated rings. The lowest BCUT2D eigenvalue weighted by Gasteiger charge is -2.24. The first-order valence-electron chi connectivity index (χ1n) is 25.7. The lowest BCUT2D eigenvalue weighted by atomic mass is 9.92. The monoisotopic (exact) mass is 822 g/mol. The number of unbranched alkanes of at least 4 members (excludes halogenated alkanes) is 16. The van der Waals surface area contributed by atoms with Crippen LogP contribution in [0.1, 0.15) is 253 Å². The number of rotatable bonds is 44. The highest BCUT2D eigenvalue weighted by Gasteiger charge is 2.17. The number of hydrogen-bond donors (Lipinski definition) is 0. The highest BCUT2D eigenvalue weighted by molar-refractivity contribution is 5.69. The van der Waals surface area contributed by atoms with Gasteiger partial charge in [0.1, 0.15) is 0 Å². The van der Waals surface area contributed by atoms with Crippen molar-refractivity contribution < 1.29 is 28.5 Å². The maximum absolute atomic E-state index is 12.4. The lowest BCUT2D eigenvalue weighted by Crippen LogP contribution is -2.28. The molecule has 1 saturated heterocycles. The van der Waals surface area contributed by atoms with Crippen molar-refractivity contribution in [2.24, 2.45) is 11.8 Å². The van der Waals surface area contributed by atoms with Crippen molar-refractivity contribution in [3.05, 3.63) is 0 Å². The summed E-state index contributed by atoms with van der Waals surface area (Å²) in [5.74, 6) is 1.39. The Labute approximate surface area is 361 Å². The minimum Gasteiger partial charge on any atom is -0.466 e. The smallest absolute Gasteiger partial charge is 0.305 e. The lowest BCUT2D eigenvalue weighted by molar-refractivity contribution is -0.165. The van der Waals surface area contributed by atoms with E-state index in [0.29, 0.717) is 37.9 Å². The SMILES string of the molecule is CCCCCC(CCCCC)CCOC(=O)CCCCCCCC(CCCCCCCC(=O)OCCC(CCCCC)CCCCC)OC(C)OCCN1CCCC1. The highest BCUT2D eigenvalue weighted by atomic mass is 16.7. The molecule has 0 saturated carbocycles. The van der Waals surface area contributed by atoms with Crippen LogP contribution in [0.25, 0.3) is 0 Å². The van der Waals surface area contributed by atoms with Crippen molar-refractivity contribution in [2.45, 2.75) is 265 Å². The topological polar surface area (TPSA) is 74.3 Å². The van der Waals surface area contributed by atoms with Crippen LogP contribution in [0.15, 0.2) is 0 Å². The Morgan fingerprint density at radius 2 is 0.845 bits per heavy atom. The zero-order chi connectivity index (χ0) is 42.2. The van der Waals surface area contributed by atoms with E-state index >= 15 is 0 Å². The van der Waals surface area contributed by atoms with E-state index in [4.69, 9.17) is 18.9 Å². The fraction of sp³-hybridized carbons (Fsp3) is 0.961. The number of carbonyl (C=O) groups is 2. The molecule has 0 aromatic rings. The second-order valence-electron chi connectivity index (χ2n) is 18.1. The summed E-state index contributed by atoms with van der Waals surface area (Å²) >= 11 is 0. The minimum absolute atomic E-state index is 0.0114. The number of nitrogens with zero attached hydrogens (tertiary/aromatic N) is 1. The first-order chi connectivity index (χ1) is 28.4. The predicted molar refractivity (Wildman–Crippen MR) is 245 cm³/mol. The Morgan fingerprint density at radius 1 is 0.466 bits per heavy atom. The van der Waals surface area contributed by atoms with Gasteiger partial charge < -0.3 is 23.8 Å². The second-order valence-corrected chi connectivity index (χ2v) is 18.1. The standard InChI is InChI=1S/C51H99NO6/c1-6-10-20-30-47(31-21-11-7-2)38-43-56-50(53)36-26-18-14-16-24-34-49(58-46(5)55-45-42-52-40-28-29-41-52)35-25-17-15-19-27-37-51(54)57-44-39-48(32-22-12-8-3)33-23-13-9-4/h46-49H,6-45H2,1-5H3. The number of hydrogen-bond acceptors (Lipinski definition) is 7. The van der Waals surface area contributed by atoms with Crippen molar-refractivity contribution in [2.75, 3.05) is 39.5 Å². The Hall–Kier alpha value is -1.18. The van der Waals surface area contributed by atoms with Crippen LogP contribution in [0.4, 0.5) is 0 Å². The Morgan fingerprint density at radius 3 is 1.26 bits per heavy atom. The summed E-state index contributed by atoms with van der Waals surface area (Å²) in [4.78, 5) is 27.4. The summed E-state index contributed by atoms with van der Waals surface area (Å²) in [6, 6.07) is 0. The van der Waals surface area contributed by atoms with Gasteiger partial charge in [-0.15, -0.1) is 0 Å². The summed E-state index contributed by atoms with van der Waals surface area (Å²) in [6.07, 6.45) is 39.5. The maximum Gasteiger partial charge on any atom is 0.305 e. The molecule has 0 radical (unpaired) electrons. The van der Waals surface area contributed by atoms with Crippen LogP contribution in [0, 0.1) is 11.8 Å². The Balaban J connectivity index is 2.30. The molecule has 0 aliphatic carbocycles. The van der Waals surface area contributed by atoms with Crippen molar-refractivity contribution in [1.82, 2.24) is 4.90 Å². The van der Waals surface area contributed by atoms with Gasteiger partial charge in [0.05, 0.1) is 25.9 Å². The van der Waals surface area contributed by atoms with E-state index in [1.807, 2.05) is 0 Å². The van der Waals surface area contributed by atoms with E-state index in [-0.39, 0.29) is 24.3 Å². The first kappa shape index (κ1) is 54.8. The highest BCUT2D eigenvalue weighted by Crippen LogP contribution is 2.23. The third kappa shape index (κ3) is 34.5. The molecule has 0 spiro atoms. The van der Waals surface area contributed by atoms with Crippen LogP contribution in [-0.4, -0.2) is 68.7 Å². The normalized spacial score (nSPS) is 14.0. The third-order valence-corrected chi connectivity index (χ3v) is 12.6. The van der Waals surface area contributed by atoms with Crippen LogP contribution >= 0.6 is 0 Å². The molecule has 7 nitrogen and oxygen atoms in total. The molecule has 0 aromatic carbocycles. The molecule has 0 N–H and O–H groups in total. The van der Waals surface area contributed by atoms with Gasteiger partial charge in [0, 0.05) is 19.4 Å². The van der Waals surface area contributed by atoms with Crippen LogP contribution < -0.4 is 0 Å². The quantitative estimate of drug-likeness (QED) is 0.0344. The van der Waals surface area contributed by atoms with E-state index in [1.54, 1.807) is 0 Å². The molecule has 0 amide bonds. The molecule has 344 valence electrons. The molecule has 58 heavy (non-hydrogen) atoms. The summed E-state index contributed by atoms with van der Waals surface area (Å²) < 4.78 is 23.9. The van der Waals surface area contributed by atoms with Gasteiger partial charge in [0.25, 0.3) is 0 Å². The summed E-state index contributed by atoms with van der Waals surface area (Å²) in [7, 11) is 0.